The summed E-state index contributed by atoms with van der Waals surface area (Å²) in [5.41, 5.74) is 2.55. The number of anilines is 2. The molecule has 0 aliphatic carbocycles. The highest BCUT2D eigenvalue weighted by Gasteiger charge is 2.14. The second-order valence-electron chi connectivity index (χ2n) is 4.16. The van der Waals surface area contributed by atoms with E-state index in [1.165, 1.54) is 6.20 Å². The number of benzene rings is 1. The summed E-state index contributed by atoms with van der Waals surface area (Å²) in [5.74, 6) is 2.45. The van der Waals surface area contributed by atoms with Crippen molar-refractivity contribution < 1.29 is 13.6 Å². The Hall–Kier alpha value is -2.54. The molecule has 1 aromatic heterocycles. The van der Waals surface area contributed by atoms with Gasteiger partial charge in [0.25, 0.3) is 5.91 Å². The van der Waals surface area contributed by atoms with Crippen LogP contribution in [-0.2, 0) is 0 Å². The first-order valence-electron chi connectivity index (χ1n) is 5.70. The SMILES string of the molecule is Cc1cncc(NC(=O)c2cc(F)c(NN)c(F)c2)c1. The van der Waals surface area contributed by atoms with Crippen molar-refractivity contribution in [3.05, 3.63) is 53.4 Å². The smallest absolute Gasteiger partial charge is 0.255 e. The van der Waals surface area contributed by atoms with Crippen LogP contribution < -0.4 is 16.6 Å². The maximum atomic E-state index is 13.5. The molecule has 2 aromatic rings. The zero-order valence-electron chi connectivity index (χ0n) is 10.6. The average molecular weight is 278 g/mol. The topological polar surface area (TPSA) is 80.0 Å². The maximum absolute atomic E-state index is 13.5. The molecule has 0 aliphatic rings. The lowest BCUT2D eigenvalue weighted by Gasteiger charge is -2.08. The highest BCUT2D eigenvalue weighted by Crippen LogP contribution is 2.20. The Morgan fingerprint density at radius 1 is 1.20 bits per heavy atom. The van der Waals surface area contributed by atoms with Crippen molar-refractivity contribution in [2.24, 2.45) is 5.84 Å². The van der Waals surface area contributed by atoms with Crippen molar-refractivity contribution in [2.45, 2.75) is 6.92 Å². The number of pyridine rings is 1. The van der Waals surface area contributed by atoms with Crippen LogP contribution in [0.25, 0.3) is 0 Å². The molecule has 1 heterocycles. The zero-order valence-corrected chi connectivity index (χ0v) is 10.6. The molecule has 0 bridgehead atoms. The fourth-order valence-electron chi connectivity index (χ4n) is 1.67. The van der Waals surface area contributed by atoms with E-state index in [0.717, 1.165) is 17.7 Å². The number of hydrogen-bond acceptors (Lipinski definition) is 4. The summed E-state index contributed by atoms with van der Waals surface area (Å²) in [5, 5.41) is 2.50. The molecule has 5 nitrogen and oxygen atoms in total. The number of hydrogen-bond donors (Lipinski definition) is 3. The van der Waals surface area contributed by atoms with Crippen LogP contribution in [0, 0.1) is 18.6 Å². The van der Waals surface area contributed by atoms with Gasteiger partial charge < -0.3 is 10.7 Å². The summed E-state index contributed by atoms with van der Waals surface area (Å²) >= 11 is 0. The highest BCUT2D eigenvalue weighted by atomic mass is 19.1. The van der Waals surface area contributed by atoms with E-state index in [2.05, 4.69) is 10.3 Å². The number of aromatic nitrogens is 1. The summed E-state index contributed by atoms with van der Waals surface area (Å²) < 4.78 is 27.0. The molecule has 0 atom stereocenters. The fraction of sp³-hybridized carbons (Fsp3) is 0.0769. The van der Waals surface area contributed by atoms with Crippen LogP contribution >= 0.6 is 0 Å². The first-order valence-corrected chi connectivity index (χ1v) is 5.70. The number of amides is 1. The van der Waals surface area contributed by atoms with Gasteiger partial charge in [0.05, 0.1) is 11.9 Å². The number of nitrogens with two attached hydrogens (primary N) is 1. The molecule has 7 heteroatoms. The molecule has 2 rings (SSSR count). The van der Waals surface area contributed by atoms with Crippen molar-refractivity contribution in [1.82, 2.24) is 4.98 Å². The molecule has 0 radical (unpaired) electrons. The normalized spacial score (nSPS) is 10.2. The standard InChI is InChI=1S/C13H12F2N4O/c1-7-2-9(6-17-5-7)18-13(20)8-3-10(14)12(19-16)11(15)4-8/h2-6,19H,16H2,1H3,(H,18,20). The monoisotopic (exact) mass is 278 g/mol. The van der Waals surface area contributed by atoms with E-state index in [0.29, 0.717) is 5.69 Å². The number of rotatable bonds is 3. The molecule has 0 spiro atoms. The van der Waals surface area contributed by atoms with E-state index < -0.39 is 23.2 Å². The van der Waals surface area contributed by atoms with Gasteiger partial charge in [0, 0.05) is 11.8 Å². The third-order valence-corrected chi connectivity index (χ3v) is 2.58. The predicted octanol–water partition coefficient (Wildman–Crippen LogP) is 2.21. The lowest BCUT2D eigenvalue weighted by atomic mass is 10.1. The molecule has 4 N–H and O–H groups in total. The van der Waals surface area contributed by atoms with Gasteiger partial charge >= 0.3 is 0 Å². The second-order valence-corrected chi connectivity index (χ2v) is 4.16. The first kappa shape index (κ1) is 13.9. The predicted molar refractivity (Wildman–Crippen MR) is 71.1 cm³/mol. The average Bonchev–Trinajstić information content (AvgIpc) is 2.38. The summed E-state index contributed by atoms with van der Waals surface area (Å²) in [6.45, 7) is 1.81. The minimum absolute atomic E-state index is 0.152. The van der Waals surface area contributed by atoms with Gasteiger partial charge in [-0.15, -0.1) is 0 Å². The Kier molecular flexibility index (Phi) is 3.90. The Morgan fingerprint density at radius 3 is 2.40 bits per heavy atom. The van der Waals surface area contributed by atoms with E-state index in [9.17, 15) is 13.6 Å². The van der Waals surface area contributed by atoms with Gasteiger partial charge in [-0.2, -0.15) is 0 Å². The number of carbonyl (C=O) groups excluding carboxylic acids is 1. The molecule has 0 fully saturated rings. The molecule has 1 amide bonds. The summed E-state index contributed by atoms with van der Waals surface area (Å²) in [6.07, 6.45) is 3.06. The van der Waals surface area contributed by atoms with Crippen LogP contribution in [-0.4, -0.2) is 10.9 Å². The Labute approximate surface area is 113 Å². The minimum atomic E-state index is -0.944. The van der Waals surface area contributed by atoms with Crippen molar-refractivity contribution in [3.63, 3.8) is 0 Å². The number of nitrogen functional groups attached to an aromatic ring is 1. The number of nitrogens with one attached hydrogen (secondary N) is 2. The Bertz CT molecular complexity index is 638. The molecular formula is C13H12F2N4O. The summed E-state index contributed by atoms with van der Waals surface area (Å²) in [6, 6.07) is 3.49. The van der Waals surface area contributed by atoms with Gasteiger partial charge in [-0.3, -0.25) is 15.6 Å². The second kappa shape index (κ2) is 5.62. The number of carbonyl (C=O) groups is 1. The summed E-state index contributed by atoms with van der Waals surface area (Å²) in [7, 11) is 0. The first-order chi connectivity index (χ1) is 9.51. The fourth-order valence-corrected chi connectivity index (χ4v) is 1.67. The van der Waals surface area contributed by atoms with Crippen LogP contribution in [0.3, 0.4) is 0 Å². The number of halogens is 2. The van der Waals surface area contributed by atoms with E-state index in [1.54, 1.807) is 12.3 Å². The molecule has 104 valence electrons. The van der Waals surface area contributed by atoms with Crippen molar-refractivity contribution in [1.29, 1.82) is 0 Å². The molecule has 0 saturated heterocycles. The number of nitrogens with zero attached hydrogens (tertiary/aromatic N) is 1. The highest BCUT2D eigenvalue weighted by molar-refractivity contribution is 6.04. The Morgan fingerprint density at radius 2 is 1.85 bits per heavy atom. The van der Waals surface area contributed by atoms with Crippen LogP contribution in [0.15, 0.2) is 30.6 Å². The van der Waals surface area contributed by atoms with Gasteiger partial charge in [-0.25, -0.2) is 8.78 Å². The molecule has 0 unspecified atom stereocenters. The van der Waals surface area contributed by atoms with E-state index in [1.807, 2.05) is 12.3 Å². The Balaban J connectivity index is 2.26. The van der Waals surface area contributed by atoms with Crippen molar-refractivity contribution in [2.75, 3.05) is 10.7 Å². The van der Waals surface area contributed by atoms with E-state index >= 15 is 0 Å². The van der Waals surface area contributed by atoms with Gasteiger partial charge in [0.15, 0.2) is 11.6 Å². The lowest BCUT2D eigenvalue weighted by Crippen LogP contribution is -2.15. The van der Waals surface area contributed by atoms with Crippen molar-refractivity contribution in [3.8, 4) is 0 Å². The number of aryl methyl sites for hydroxylation is 1. The molecule has 20 heavy (non-hydrogen) atoms. The minimum Gasteiger partial charge on any atom is -0.321 e. The quantitative estimate of drug-likeness (QED) is 0.594. The van der Waals surface area contributed by atoms with Gasteiger partial charge in [0.1, 0.15) is 5.69 Å². The molecule has 0 saturated carbocycles. The van der Waals surface area contributed by atoms with E-state index in [4.69, 9.17) is 5.84 Å². The van der Waals surface area contributed by atoms with E-state index in [-0.39, 0.29) is 5.56 Å². The third-order valence-electron chi connectivity index (χ3n) is 2.58. The van der Waals surface area contributed by atoms with Crippen LogP contribution in [0.4, 0.5) is 20.2 Å². The van der Waals surface area contributed by atoms with Gasteiger partial charge in [-0.05, 0) is 30.7 Å². The van der Waals surface area contributed by atoms with Crippen LogP contribution in [0.2, 0.25) is 0 Å². The maximum Gasteiger partial charge on any atom is 0.255 e. The lowest BCUT2D eigenvalue weighted by molar-refractivity contribution is 0.102. The molecule has 1 aromatic carbocycles. The summed E-state index contributed by atoms with van der Waals surface area (Å²) in [4.78, 5) is 15.8. The van der Waals surface area contributed by atoms with Crippen LogP contribution in [0.1, 0.15) is 15.9 Å². The molecular weight excluding hydrogens is 266 g/mol. The molecule has 0 aliphatic heterocycles. The van der Waals surface area contributed by atoms with Crippen LogP contribution in [0.5, 0.6) is 0 Å². The largest absolute Gasteiger partial charge is 0.321 e. The zero-order chi connectivity index (χ0) is 14.7. The van der Waals surface area contributed by atoms with Crippen molar-refractivity contribution >= 4 is 17.3 Å². The van der Waals surface area contributed by atoms with Gasteiger partial charge in [-0.1, -0.05) is 0 Å². The number of hydrazine groups is 1. The van der Waals surface area contributed by atoms with Gasteiger partial charge in [0.2, 0.25) is 0 Å². The third kappa shape index (κ3) is 2.89.